The minimum absolute atomic E-state index is 0.0395. The van der Waals surface area contributed by atoms with Crippen LogP contribution in [-0.2, 0) is 6.54 Å². The predicted octanol–water partition coefficient (Wildman–Crippen LogP) is 5.24. The number of aromatic nitrogens is 1. The second kappa shape index (κ2) is 7.82. The maximum absolute atomic E-state index is 13.3. The van der Waals surface area contributed by atoms with E-state index in [1.54, 1.807) is 23.3 Å². The van der Waals surface area contributed by atoms with Gasteiger partial charge in [-0.2, -0.15) is 0 Å². The zero-order valence-corrected chi connectivity index (χ0v) is 16.6. The fourth-order valence-corrected chi connectivity index (χ4v) is 3.96. The van der Waals surface area contributed by atoms with Crippen LogP contribution in [0.4, 0.5) is 0 Å². The van der Waals surface area contributed by atoms with Gasteiger partial charge in [-0.25, -0.2) is 4.98 Å². The van der Waals surface area contributed by atoms with Crippen molar-refractivity contribution in [3.05, 3.63) is 83.2 Å². The average molecular weight is 388 g/mol. The van der Waals surface area contributed by atoms with Crippen molar-refractivity contribution in [1.29, 1.82) is 0 Å². The smallest absolute Gasteiger partial charge is 0.254 e. The first-order chi connectivity index (χ1) is 13.7. The summed E-state index contributed by atoms with van der Waals surface area (Å²) < 4.78 is 5.42. The number of rotatable bonds is 5. The Labute approximate surface area is 168 Å². The number of fused-ring (bicyclic) bond motifs is 1. The van der Waals surface area contributed by atoms with Crippen LogP contribution < -0.4 is 4.74 Å². The molecule has 0 bridgehead atoms. The van der Waals surface area contributed by atoms with Crippen molar-refractivity contribution >= 4 is 28.1 Å². The monoisotopic (exact) mass is 388 g/mol. The van der Waals surface area contributed by atoms with E-state index >= 15 is 0 Å². The number of carbonyl (C=O) groups excluding carboxylic acids is 1. The number of ether oxygens (including phenoxy) is 1. The van der Waals surface area contributed by atoms with Gasteiger partial charge in [-0.1, -0.05) is 42.5 Å². The molecule has 4 nitrogen and oxygen atoms in total. The molecule has 4 rings (SSSR count). The molecule has 1 amide bonds. The molecule has 140 valence electrons. The van der Waals surface area contributed by atoms with Crippen LogP contribution in [0.3, 0.4) is 0 Å². The fraction of sp³-hybridized carbons (Fsp3) is 0.130. The average Bonchev–Trinajstić information content (AvgIpc) is 3.27. The molecule has 0 saturated heterocycles. The zero-order valence-electron chi connectivity index (χ0n) is 15.8. The third-order valence-electron chi connectivity index (χ3n) is 4.67. The molecule has 0 radical (unpaired) electrons. The van der Waals surface area contributed by atoms with Crippen molar-refractivity contribution in [2.75, 3.05) is 14.2 Å². The van der Waals surface area contributed by atoms with Crippen molar-refractivity contribution < 1.29 is 9.53 Å². The predicted molar refractivity (Wildman–Crippen MR) is 114 cm³/mol. The number of para-hydroxylation sites is 2. The summed E-state index contributed by atoms with van der Waals surface area (Å²) in [5, 5.41) is 2.88. The van der Waals surface area contributed by atoms with Gasteiger partial charge in [0.2, 0.25) is 0 Å². The number of nitrogens with zero attached hydrogens (tertiary/aromatic N) is 2. The molecule has 0 aliphatic rings. The van der Waals surface area contributed by atoms with Crippen molar-refractivity contribution in [3.8, 4) is 16.3 Å². The van der Waals surface area contributed by atoms with Crippen LogP contribution in [0.2, 0.25) is 0 Å². The molecule has 2 aromatic heterocycles. The fourth-order valence-electron chi connectivity index (χ4n) is 3.27. The third-order valence-corrected chi connectivity index (χ3v) is 5.56. The van der Waals surface area contributed by atoms with Gasteiger partial charge in [-0.15, -0.1) is 11.3 Å². The largest absolute Gasteiger partial charge is 0.496 e. The van der Waals surface area contributed by atoms with Gasteiger partial charge in [0, 0.05) is 24.5 Å². The van der Waals surface area contributed by atoms with Gasteiger partial charge >= 0.3 is 0 Å². The van der Waals surface area contributed by atoms with Crippen LogP contribution >= 0.6 is 11.3 Å². The summed E-state index contributed by atoms with van der Waals surface area (Å²) in [5.74, 6) is 0.739. The topological polar surface area (TPSA) is 42.4 Å². The van der Waals surface area contributed by atoms with E-state index in [9.17, 15) is 4.79 Å². The van der Waals surface area contributed by atoms with E-state index in [0.717, 1.165) is 32.8 Å². The highest BCUT2D eigenvalue weighted by molar-refractivity contribution is 7.13. The summed E-state index contributed by atoms with van der Waals surface area (Å²) in [7, 11) is 3.46. The zero-order chi connectivity index (χ0) is 19.5. The molecular weight excluding hydrogens is 368 g/mol. The molecule has 0 N–H and O–H groups in total. The Balaban J connectivity index is 1.74. The first-order valence-corrected chi connectivity index (χ1v) is 9.86. The highest BCUT2D eigenvalue weighted by Gasteiger charge is 2.19. The molecular formula is C23H20N2O2S. The molecule has 4 aromatic rings. The Bertz CT molecular complexity index is 1120. The second-order valence-electron chi connectivity index (χ2n) is 6.52. The first kappa shape index (κ1) is 18.2. The number of thiophene rings is 1. The minimum atomic E-state index is -0.0395. The van der Waals surface area contributed by atoms with E-state index in [1.807, 2.05) is 79.2 Å². The molecule has 0 aliphatic carbocycles. The van der Waals surface area contributed by atoms with Gasteiger partial charge in [-0.05, 0) is 29.6 Å². The Morgan fingerprint density at radius 3 is 2.64 bits per heavy atom. The SMILES string of the molecule is COc1ccccc1CN(C)C(=O)c1cc(-c2cccs2)nc2ccccc12. The maximum Gasteiger partial charge on any atom is 0.254 e. The quantitative estimate of drug-likeness (QED) is 0.469. The van der Waals surface area contributed by atoms with Crippen LogP contribution in [0, 0.1) is 0 Å². The van der Waals surface area contributed by atoms with E-state index < -0.39 is 0 Å². The molecule has 0 atom stereocenters. The molecule has 5 heteroatoms. The van der Waals surface area contributed by atoms with Gasteiger partial charge in [0.15, 0.2) is 0 Å². The van der Waals surface area contributed by atoms with Crippen molar-refractivity contribution in [2.45, 2.75) is 6.54 Å². The van der Waals surface area contributed by atoms with Gasteiger partial charge in [0.25, 0.3) is 5.91 Å². The lowest BCUT2D eigenvalue weighted by atomic mass is 10.1. The van der Waals surface area contributed by atoms with Crippen LogP contribution in [-0.4, -0.2) is 29.9 Å². The van der Waals surface area contributed by atoms with Gasteiger partial charge in [-0.3, -0.25) is 4.79 Å². The highest BCUT2D eigenvalue weighted by Crippen LogP contribution is 2.29. The number of hydrogen-bond acceptors (Lipinski definition) is 4. The molecule has 0 unspecified atom stereocenters. The summed E-state index contributed by atoms with van der Waals surface area (Å²) in [6.07, 6.45) is 0. The standard InChI is InChI=1S/C23H20N2O2S/c1-25(15-16-8-3-6-11-21(16)27-2)23(26)18-14-20(22-12-7-13-28-22)24-19-10-5-4-9-17(18)19/h3-14H,15H2,1-2H3. The lowest BCUT2D eigenvalue weighted by molar-refractivity contribution is 0.0786. The Hall–Kier alpha value is -3.18. The second-order valence-corrected chi connectivity index (χ2v) is 7.47. The first-order valence-electron chi connectivity index (χ1n) is 8.98. The molecule has 28 heavy (non-hydrogen) atoms. The number of hydrogen-bond donors (Lipinski definition) is 0. The van der Waals surface area contributed by atoms with Crippen LogP contribution in [0.5, 0.6) is 5.75 Å². The lowest BCUT2D eigenvalue weighted by Crippen LogP contribution is -2.26. The Kier molecular flexibility index (Phi) is 5.08. The minimum Gasteiger partial charge on any atom is -0.496 e. The van der Waals surface area contributed by atoms with Crippen molar-refractivity contribution in [3.63, 3.8) is 0 Å². The van der Waals surface area contributed by atoms with Crippen LogP contribution in [0.1, 0.15) is 15.9 Å². The maximum atomic E-state index is 13.3. The third kappa shape index (κ3) is 3.49. The molecule has 0 aliphatic heterocycles. The van der Waals surface area contributed by atoms with E-state index in [0.29, 0.717) is 12.1 Å². The van der Waals surface area contributed by atoms with Crippen molar-refractivity contribution in [1.82, 2.24) is 9.88 Å². The summed E-state index contributed by atoms with van der Waals surface area (Å²) >= 11 is 1.62. The van der Waals surface area contributed by atoms with E-state index in [-0.39, 0.29) is 5.91 Å². The Morgan fingerprint density at radius 1 is 1.07 bits per heavy atom. The van der Waals surface area contributed by atoms with E-state index in [4.69, 9.17) is 9.72 Å². The van der Waals surface area contributed by atoms with Gasteiger partial charge in [0.1, 0.15) is 5.75 Å². The normalized spacial score (nSPS) is 10.8. The van der Waals surface area contributed by atoms with Crippen LogP contribution in [0.15, 0.2) is 72.1 Å². The van der Waals surface area contributed by atoms with E-state index in [1.165, 1.54) is 0 Å². The summed E-state index contributed by atoms with van der Waals surface area (Å²) in [4.78, 5) is 20.9. The number of benzene rings is 2. The highest BCUT2D eigenvalue weighted by atomic mass is 32.1. The number of amides is 1. The van der Waals surface area contributed by atoms with Gasteiger partial charge in [0.05, 0.1) is 28.8 Å². The molecule has 2 aromatic carbocycles. The number of pyridine rings is 1. The summed E-state index contributed by atoms with van der Waals surface area (Å²) in [6.45, 7) is 0.466. The molecule has 2 heterocycles. The molecule has 0 saturated carbocycles. The van der Waals surface area contributed by atoms with Crippen LogP contribution in [0.25, 0.3) is 21.5 Å². The summed E-state index contributed by atoms with van der Waals surface area (Å²) in [6, 6.07) is 21.5. The Morgan fingerprint density at radius 2 is 1.86 bits per heavy atom. The van der Waals surface area contributed by atoms with Crippen molar-refractivity contribution in [2.24, 2.45) is 0 Å². The van der Waals surface area contributed by atoms with Gasteiger partial charge < -0.3 is 9.64 Å². The van der Waals surface area contributed by atoms with E-state index in [2.05, 4.69) is 0 Å². The number of carbonyl (C=O) groups is 1. The lowest BCUT2D eigenvalue weighted by Gasteiger charge is -2.20. The summed E-state index contributed by atoms with van der Waals surface area (Å²) in [5.41, 5.74) is 3.27. The molecule has 0 fully saturated rings. The molecule has 0 spiro atoms. The number of methoxy groups -OCH3 is 1.